The average Bonchev–Trinajstić information content (AvgIpc) is 2.44. The highest BCUT2D eigenvalue weighted by molar-refractivity contribution is 9.10. The highest BCUT2D eigenvalue weighted by Gasteiger charge is 2.11. The van der Waals surface area contributed by atoms with Gasteiger partial charge in [-0.1, -0.05) is 0 Å². The monoisotopic (exact) mass is 339 g/mol. The van der Waals surface area contributed by atoms with E-state index in [2.05, 4.69) is 20.7 Å². The molecule has 2 rings (SSSR count). The standard InChI is InChI=1S/C14H11BrFNO3/c1-19-14(18)8-2-5-12(11(17)6-8)20-13-7-9(16)3-4-10(13)15/h2-7H,17H2,1H3. The molecule has 0 amide bonds. The number of esters is 1. The zero-order valence-corrected chi connectivity index (χ0v) is 12.1. The Hall–Kier alpha value is -2.08. The third-order valence-corrected chi connectivity index (χ3v) is 3.20. The first kappa shape index (κ1) is 14.3. The third kappa shape index (κ3) is 3.08. The molecule has 0 heterocycles. The molecule has 0 aromatic heterocycles. The van der Waals surface area contributed by atoms with Crippen molar-refractivity contribution < 1.29 is 18.7 Å². The van der Waals surface area contributed by atoms with Gasteiger partial charge >= 0.3 is 5.97 Å². The van der Waals surface area contributed by atoms with Crippen LogP contribution in [0.5, 0.6) is 11.5 Å². The van der Waals surface area contributed by atoms with Gasteiger partial charge in [-0.15, -0.1) is 0 Å². The molecular formula is C14H11BrFNO3. The molecule has 0 aliphatic heterocycles. The lowest BCUT2D eigenvalue weighted by molar-refractivity contribution is 0.0601. The number of benzene rings is 2. The second-order valence-corrected chi connectivity index (χ2v) is 4.78. The van der Waals surface area contributed by atoms with Gasteiger partial charge in [-0.2, -0.15) is 0 Å². The minimum absolute atomic E-state index is 0.254. The van der Waals surface area contributed by atoms with Crippen LogP contribution in [0.2, 0.25) is 0 Å². The summed E-state index contributed by atoms with van der Waals surface area (Å²) < 4.78 is 23.9. The van der Waals surface area contributed by atoms with Crippen LogP contribution in [0, 0.1) is 5.82 Å². The van der Waals surface area contributed by atoms with Crippen LogP contribution in [-0.4, -0.2) is 13.1 Å². The molecule has 0 bridgehead atoms. The van der Waals surface area contributed by atoms with Gasteiger partial charge in [0.25, 0.3) is 0 Å². The summed E-state index contributed by atoms with van der Waals surface area (Å²) in [5.74, 6) is -0.297. The Morgan fingerprint density at radius 1 is 1.20 bits per heavy atom. The fraction of sp³-hybridized carbons (Fsp3) is 0.0714. The number of anilines is 1. The molecule has 20 heavy (non-hydrogen) atoms. The Morgan fingerprint density at radius 2 is 1.95 bits per heavy atom. The van der Waals surface area contributed by atoms with Crippen molar-refractivity contribution in [3.63, 3.8) is 0 Å². The Kier molecular flexibility index (Phi) is 4.24. The quantitative estimate of drug-likeness (QED) is 0.683. The summed E-state index contributed by atoms with van der Waals surface area (Å²) in [6.45, 7) is 0. The van der Waals surface area contributed by atoms with Crippen LogP contribution in [-0.2, 0) is 4.74 Å². The SMILES string of the molecule is COC(=O)c1ccc(Oc2cc(F)ccc2Br)c(N)c1. The summed E-state index contributed by atoms with van der Waals surface area (Å²) in [7, 11) is 1.28. The number of hydrogen-bond acceptors (Lipinski definition) is 4. The van der Waals surface area contributed by atoms with E-state index >= 15 is 0 Å². The lowest BCUT2D eigenvalue weighted by atomic mass is 10.2. The number of nitrogen functional groups attached to an aromatic ring is 1. The van der Waals surface area contributed by atoms with Crippen molar-refractivity contribution in [2.24, 2.45) is 0 Å². The number of carbonyl (C=O) groups is 1. The summed E-state index contributed by atoms with van der Waals surface area (Å²) in [5.41, 5.74) is 6.38. The minimum atomic E-state index is -0.491. The molecule has 104 valence electrons. The Bertz CT molecular complexity index is 661. The van der Waals surface area contributed by atoms with Gasteiger partial charge < -0.3 is 15.2 Å². The number of halogens is 2. The zero-order chi connectivity index (χ0) is 14.7. The van der Waals surface area contributed by atoms with Gasteiger partial charge in [0.05, 0.1) is 22.8 Å². The molecule has 0 fully saturated rings. The maximum Gasteiger partial charge on any atom is 0.337 e. The van der Waals surface area contributed by atoms with Gasteiger partial charge in [0.2, 0.25) is 0 Å². The first-order chi connectivity index (χ1) is 9.51. The maximum absolute atomic E-state index is 13.2. The van der Waals surface area contributed by atoms with Crippen molar-refractivity contribution in [1.82, 2.24) is 0 Å². The summed E-state index contributed by atoms with van der Waals surface area (Å²) in [4.78, 5) is 11.4. The normalized spacial score (nSPS) is 10.2. The first-order valence-electron chi connectivity index (χ1n) is 5.62. The fourth-order valence-corrected chi connectivity index (χ4v) is 1.89. The largest absolute Gasteiger partial charge is 0.465 e. The van der Waals surface area contributed by atoms with Crippen LogP contribution in [0.1, 0.15) is 10.4 Å². The second-order valence-electron chi connectivity index (χ2n) is 3.92. The molecule has 0 atom stereocenters. The molecule has 0 saturated heterocycles. The van der Waals surface area contributed by atoms with Crippen LogP contribution in [0.4, 0.5) is 10.1 Å². The summed E-state index contributed by atoms with van der Waals surface area (Å²) >= 11 is 3.25. The molecule has 2 N–H and O–H groups in total. The fourth-order valence-electron chi connectivity index (χ4n) is 1.56. The van der Waals surface area contributed by atoms with E-state index in [0.717, 1.165) is 0 Å². The first-order valence-corrected chi connectivity index (χ1v) is 6.41. The van der Waals surface area contributed by atoms with Crippen LogP contribution >= 0.6 is 15.9 Å². The number of rotatable bonds is 3. The molecule has 0 aliphatic rings. The van der Waals surface area contributed by atoms with E-state index in [4.69, 9.17) is 10.5 Å². The van der Waals surface area contributed by atoms with Gasteiger partial charge in [-0.25, -0.2) is 9.18 Å². The predicted molar refractivity (Wildman–Crippen MR) is 76.4 cm³/mol. The zero-order valence-electron chi connectivity index (χ0n) is 10.5. The van der Waals surface area contributed by atoms with Gasteiger partial charge in [-0.3, -0.25) is 0 Å². The van der Waals surface area contributed by atoms with E-state index in [1.54, 1.807) is 0 Å². The molecule has 0 aliphatic carbocycles. The van der Waals surface area contributed by atoms with E-state index in [1.807, 2.05) is 0 Å². The molecule has 0 saturated carbocycles. The molecule has 0 radical (unpaired) electrons. The van der Waals surface area contributed by atoms with E-state index < -0.39 is 11.8 Å². The number of carbonyl (C=O) groups excluding carboxylic acids is 1. The molecule has 2 aromatic carbocycles. The van der Waals surface area contributed by atoms with Gasteiger partial charge in [-0.05, 0) is 46.3 Å². The molecule has 4 nitrogen and oxygen atoms in total. The Balaban J connectivity index is 2.30. The third-order valence-electron chi connectivity index (χ3n) is 2.54. The Labute approximate surface area is 123 Å². The highest BCUT2D eigenvalue weighted by Crippen LogP contribution is 2.33. The number of hydrogen-bond donors (Lipinski definition) is 1. The van der Waals surface area contributed by atoms with Gasteiger partial charge in [0, 0.05) is 6.07 Å². The van der Waals surface area contributed by atoms with Crippen molar-refractivity contribution in [2.75, 3.05) is 12.8 Å². The number of methoxy groups -OCH3 is 1. The maximum atomic E-state index is 13.2. The summed E-state index contributed by atoms with van der Waals surface area (Å²) in [6, 6.07) is 8.56. The molecule has 6 heteroatoms. The van der Waals surface area contributed by atoms with Crippen molar-refractivity contribution >= 4 is 27.6 Å². The Morgan fingerprint density at radius 3 is 2.60 bits per heavy atom. The van der Waals surface area contributed by atoms with Crippen LogP contribution in [0.15, 0.2) is 40.9 Å². The molecule has 0 unspecified atom stereocenters. The smallest absolute Gasteiger partial charge is 0.337 e. The molecule has 0 spiro atoms. The van der Waals surface area contributed by atoms with E-state index in [0.29, 0.717) is 21.5 Å². The summed E-state index contributed by atoms with van der Waals surface area (Å²) in [6.07, 6.45) is 0. The molecular weight excluding hydrogens is 329 g/mol. The van der Waals surface area contributed by atoms with Crippen LogP contribution in [0.3, 0.4) is 0 Å². The predicted octanol–water partition coefficient (Wildman–Crippen LogP) is 3.75. The van der Waals surface area contributed by atoms with Crippen LogP contribution in [0.25, 0.3) is 0 Å². The number of ether oxygens (including phenoxy) is 2. The topological polar surface area (TPSA) is 61.5 Å². The molecule has 2 aromatic rings. The van der Waals surface area contributed by atoms with E-state index in [9.17, 15) is 9.18 Å². The average molecular weight is 340 g/mol. The van der Waals surface area contributed by atoms with Crippen LogP contribution < -0.4 is 10.5 Å². The second kappa shape index (κ2) is 5.92. The van der Waals surface area contributed by atoms with Crippen molar-refractivity contribution in [1.29, 1.82) is 0 Å². The highest BCUT2D eigenvalue weighted by atomic mass is 79.9. The minimum Gasteiger partial charge on any atom is -0.465 e. The van der Waals surface area contributed by atoms with Crippen molar-refractivity contribution in [3.8, 4) is 11.5 Å². The van der Waals surface area contributed by atoms with Gasteiger partial charge in [0.15, 0.2) is 0 Å². The summed E-state index contributed by atoms with van der Waals surface area (Å²) in [5, 5.41) is 0. The van der Waals surface area contributed by atoms with E-state index in [-0.39, 0.29) is 5.69 Å². The van der Waals surface area contributed by atoms with Crippen molar-refractivity contribution in [2.45, 2.75) is 0 Å². The lowest BCUT2D eigenvalue weighted by Gasteiger charge is -2.11. The lowest BCUT2D eigenvalue weighted by Crippen LogP contribution is -2.02. The van der Waals surface area contributed by atoms with E-state index in [1.165, 1.54) is 43.5 Å². The van der Waals surface area contributed by atoms with Gasteiger partial charge in [0.1, 0.15) is 17.3 Å². The van der Waals surface area contributed by atoms with Crippen molar-refractivity contribution in [3.05, 3.63) is 52.3 Å². The number of nitrogens with two attached hydrogens (primary N) is 1.